The zero-order valence-corrected chi connectivity index (χ0v) is 15.9. The number of halogens is 1. The number of hydrogen-bond donors (Lipinski definition) is 2. The molecule has 9 nitrogen and oxygen atoms in total. The van der Waals surface area contributed by atoms with Gasteiger partial charge in [0.2, 0.25) is 11.0 Å². The van der Waals surface area contributed by atoms with Crippen LogP contribution in [-0.4, -0.2) is 38.7 Å². The molecule has 0 aliphatic rings. The molecule has 25 heavy (non-hydrogen) atoms. The van der Waals surface area contributed by atoms with Gasteiger partial charge in [-0.3, -0.25) is 9.52 Å². The second-order valence-electron chi connectivity index (χ2n) is 4.57. The van der Waals surface area contributed by atoms with E-state index in [1.165, 1.54) is 26.4 Å². The number of hydrogen-bond acceptors (Lipinski definition) is 8. The Morgan fingerprint density at radius 3 is 2.52 bits per heavy atom. The molecule has 0 fully saturated rings. The summed E-state index contributed by atoms with van der Waals surface area (Å²) in [6.45, 7) is 1.66. The molecule has 0 saturated carbocycles. The molecule has 0 saturated heterocycles. The summed E-state index contributed by atoms with van der Waals surface area (Å²) in [4.78, 5) is 11.3. The van der Waals surface area contributed by atoms with Gasteiger partial charge in [-0.25, -0.2) is 0 Å². The molecule has 1 aromatic carbocycles. The van der Waals surface area contributed by atoms with Gasteiger partial charge < -0.3 is 14.8 Å². The number of carbonyl (C=O) groups excluding carboxylic acids is 1. The molecule has 2 aromatic rings. The fraction of sp³-hybridized carbons (Fsp3) is 0.308. The van der Waals surface area contributed by atoms with Crippen LogP contribution in [0, 0.1) is 0 Å². The predicted molar refractivity (Wildman–Crippen MR) is 94.2 cm³/mol. The molecule has 12 heteroatoms. The van der Waals surface area contributed by atoms with Gasteiger partial charge in [0, 0.05) is 18.6 Å². The number of methoxy groups -OCH3 is 2. The van der Waals surface area contributed by atoms with Gasteiger partial charge in [-0.1, -0.05) is 29.9 Å². The number of carbonyl (C=O) groups is 1. The minimum atomic E-state index is -4.04. The minimum Gasteiger partial charge on any atom is -0.495 e. The Balaban J connectivity index is 2.31. The van der Waals surface area contributed by atoms with Crippen molar-refractivity contribution in [2.75, 3.05) is 24.3 Å². The Morgan fingerprint density at radius 1 is 1.24 bits per heavy atom. The average Bonchev–Trinajstić information content (AvgIpc) is 3.05. The Morgan fingerprint density at radius 2 is 1.92 bits per heavy atom. The summed E-state index contributed by atoms with van der Waals surface area (Å²) in [5, 5.41) is 10.0. The fourth-order valence-electron chi connectivity index (χ4n) is 1.71. The molecule has 1 heterocycles. The normalized spacial score (nSPS) is 11.0. The summed E-state index contributed by atoms with van der Waals surface area (Å²) in [5.74, 6) is 0.184. The Hall–Kier alpha value is -2.11. The van der Waals surface area contributed by atoms with Crippen LogP contribution in [0.3, 0.4) is 0 Å². The van der Waals surface area contributed by atoms with Crippen molar-refractivity contribution in [2.24, 2.45) is 0 Å². The number of nitrogens with one attached hydrogen (secondary N) is 2. The second kappa shape index (κ2) is 7.85. The summed E-state index contributed by atoms with van der Waals surface area (Å²) in [5.41, 5.74) is 0.123. The number of benzene rings is 1. The van der Waals surface area contributed by atoms with Crippen LogP contribution >= 0.6 is 22.9 Å². The van der Waals surface area contributed by atoms with Crippen LogP contribution in [0.4, 0.5) is 10.8 Å². The van der Waals surface area contributed by atoms with Crippen molar-refractivity contribution >= 4 is 49.7 Å². The Kier molecular flexibility index (Phi) is 6.03. The summed E-state index contributed by atoms with van der Waals surface area (Å²) in [6, 6.07) is 2.81. The summed E-state index contributed by atoms with van der Waals surface area (Å²) >= 11 is 6.72. The third-order valence-electron chi connectivity index (χ3n) is 2.92. The number of ether oxygens (including phenoxy) is 2. The van der Waals surface area contributed by atoms with Crippen molar-refractivity contribution < 1.29 is 22.7 Å². The van der Waals surface area contributed by atoms with Gasteiger partial charge in [-0.05, 0) is 0 Å². The van der Waals surface area contributed by atoms with Crippen LogP contribution in [-0.2, 0) is 14.8 Å². The zero-order chi connectivity index (χ0) is 18.6. The summed E-state index contributed by atoms with van der Waals surface area (Å²) in [7, 11) is -1.26. The highest BCUT2D eigenvalue weighted by Gasteiger charge is 2.23. The number of anilines is 2. The highest BCUT2D eigenvalue weighted by molar-refractivity contribution is 7.94. The van der Waals surface area contributed by atoms with E-state index in [9.17, 15) is 13.2 Å². The maximum absolute atomic E-state index is 12.5. The second-order valence-corrected chi connectivity index (χ2v) is 7.81. The quantitative estimate of drug-likeness (QED) is 0.677. The fourth-order valence-corrected chi connectivity index (χ4v) is 3.91. The number of nitrogens with zero attached hydrogens (tertiary/aromatic N) is 2. The molecule has 1 amide bonds. The first kappa shape index (κ1) is 19.2. The molecule has 0 bridgehead atoms. The van der Waals surface area contributed by atoms with Crippen molar-refractivity contribution in [3.8, 4) is 11.5 Å². The van der Waals surface area contributed by atoms with Gasteiger partial charge in [0.05, 0.1) is 24.9 Å². The summed E-state index contributed by atoms with van der Waals surface area (Å²) < 4.78 is 37.2. The lowest BCUT2D eigenvalue weighted by atomic mass is 10.3. The molecule has 2 N–H and O–H groups in total. The molecule has 0 atom stereocenters. The van der Waals surface area contributed by atoms with Crippen LogP contribution in [0.5, 0.6) is 11.5 Å². The Labute approximate surface area is 153 Å². The first-order chi connectivity index (χ1) is 11.8. The van der Waals surface area contributed by atoms with Gasteiger partial charge in [-0.2, -0.15) is 8.42 Å². The lowest BCUT2D eigenvalue weighted by molar-refractivity contribution is -0.115. The van der Waals surface area contributed by atoms with E-state index in [0.717, 1.165) is 11.3 Å². The van der Waals surface area contributed by atoms with E-state index in [4.69, 9.17) is 21.1 Å². The van der Waals surface area contributed by atoms with Gasteiger partial charge in [0.15, 0.2) is 0 Å². The SMILES string of the molecule is CCC(=O)Nc1nnc(S(=O)(=O)Nc2cc(OC)c(Cl)cc2OC)s1. The smallest absolute Gasteiger partial charge is 0.291 e. The van der Waals surface area contributed by atoms with E-state index in [2.05, 4.69) is 20.2 Å². The molecule has 0 spiro atoms. The maximum Gasteiger partial charge on any atom is 0.291 e. The topological polar surface area (TPSA) is 120 Å². The van der Waals surface area contributed by atoms with Gasteiger partial charge >= 0.3 is 0 Å². The van der Waals surface area contributed by atoms with Crippen molar-refractivity contribution in [1.29, 1.82) is 0 Å². The number of aromatic nitrogens is 2. The van der Waals surface area contributed by atoms with Crippen LogP contribution in [0.1, 0.15) is 13.3 Å². The first-order valence-electron chi connectivity index (χ1n) is 6.88. The van der Waals surface area contributed by atoms with Crippen molar-refractivity contribution in [3.05, 3.63) is 17.2 Å². The first-order valence-corrected chi connectivity index (χ1v) is 9.56. The minimum absolute atomic E-state index is 0.0906. The lowest BCUT2D eigenvalue weighted by Gasteiger charge is -2.13. The number of sulfonamides is 1. The molecule has 2 rings (SSSR count). The molecule has 0 aliphatic carbocycles. The molecule has 0 aliphatic heterocycles. The molecule has 0 unspecified atom stereocenters. The Bertz CT molecular complexity index is 885. The van der Waals surface area contributed by atoms with Crippen molar-refractivity contribution in [1.82, 2.24) is 10.2 Å². The lowest BCUT2D eigenvalue weighted by Crippen LogP contribution is -2.13. The van der Waals surface area contributed by atoms with Gasteiger partial charge in [-0.15, -0.1) is 10.2 Å². The molecule has 0 radical (unpaired) electrons. The van der Waals surface area contributed by atoms with Crippen LogP contribution in [0.25, 0.3) is 0 Å². The standard InChI is InChI=1S/C13H15ClN4O5S2/c1-4-11(19)15-12-16-17-13(24-12)25(20,21)18-8-6-9(22-2)7(14)5-10(8)23-3/h5-6,18H,4H2,1-3H3,(H,15,16,19). The monoisotopic (exact) mass is 406 g/mol. The number of amides is 1. The van der Waals surface area contributed by atoms with Gasteiger partial charge in [0.25, 0.3) is 14.4 Å². The highest BCUT2D eigenvalue weighted by atomic mass is 35.5. The van der Waals surface area contributed by atoms with E-state index in [1.807, 2.05) is 0 Å². The predicted octanol–water partition coefficient (Wildman–Crippen LogP) is 2.36. The number of rotatable bonds is 7. The molecule has 136 valence electrons. The van der Waals surface area contributed by atoms with Crippen molar-refractivity contribution in [3.63, 3.8) is 0 Å². The maximum atomic E-state index is 12.5. The van der Waals surface area contributed by atoms with Crippen molar-refractivity contribution in [2.45, 2.75) is 17.7 Å². The van der Waals surface area contributed by atoms with Crippen LogP contribution in [0.2, 0.25) is 5.02 Å². The molecular weight excluding hydrogens is 392 g/mol. The third kappa shape index (κ3) is 4.50. The van der Waals surface area contributed by atoms with Gasteiger partial charge in [0.1, 0.15) is 11.5 Å². The third-order valence-corrected chi connectivity index (χ3v) is 5.79. The van der Waals surface area contributed by atoms with Crippen LogP contribution in [0.15, 0.2) is 16.5 Å². The average molecular weight is 407 g/mol. The largest absolute Gasteiger partial charge is 0.495 e. The van der Waals surface area contributed by atoms with E-state index < -0.39 is 10.0 Å². The molecular formula is C13H15ClN4O5S2. The van der Waals surface area contributed by atoms with E-state index in [1.54, 1.807) is 6.92 Å². The highest BCUT2D eigenvalue weighted by Crippen LogP contribution is 2.37. The van der Waals surface area contributed by atoms with Crippen LogP contribution < -0.4 is 19.5 Å². The zero-order valence-electron chi connectivity index (χ0n) is 13.5. The molecule has 1 aromatic heterocycles. The van der Waals surface area contributed by atoms with E-state index in [-0.39, 0.29) is 44.0 Å². The van der Waals surface area contributed by atoms with E-state index in [0.29, 0.717) is 0 Å². The van der Waals surface area contributed by atoms with E-state index >= 15 is 0 Å². The summed E-state index contributed by atoms with van der Waals surface area (Å²) in [6.07, 6.45) is 0.238.